The van der Waals surface area contributed by atoms with E-state index in [1.807, 2.05) is 6.92 Å². The van der Waals surface area contributed by atoms with Crippen molar-refractivity contribution in [1.29, 1.82) is 0 Å². The van der Waals surface area contributed by atoms with Crippen LogP contribution in [0.5, 0.6) is 0 Å². The topological polar surface area (TPSA) is 46.5 Å². The van der Waals surface area contributed by atoms with Gasteiger partial charge in [-0.1, -0.05) is 11.6 Å². The lowest BCUT2D eigenvalue weighted by molar-refractivity contribution is 0.0694. The molecule has 1 N–H and O–H groups in total. The van der Waals surface area contributed by atoms with Gasteiger partial charge in [0.15, 0.2) is 0 Å². The van der Waals surface area contributed by atoms with Gasteiger partial charge in [-0.05, 0) is 30.5 Å². The molecule has 5 heteroatoms. The first kappa shape index (κ1) is 12.7. The van der Waals surface area contributed by atoms with E-state index in [-0.39, 0.29) is 11.7 Å². The summed E-state index contributed by atoms with van der Waals surface area (Å²) < 4.78 is 5.42. The quantitative estimate of drug-likeness (QED) is 0.895. The molecule has 1 unspecified atom stereocenters. The SMILES string of the molecule is COC1CCSc2c(Cl)cc(C(=O)O)c(C)c21. The van der Waals surface area contributed by atoms with Crippen molar-refractivity contribution in [3.05, 3.63) is 27.8 Å². The molecule has 0 aliphatic carbocycles. The van der Waals surface area contributed by atoms with Gasteiger partial charge in [-0.25, -0.2) is 4.79 Å². The van der Waals surface area contributed by atoms with Gasteiger partial charge in [-0.3, -0.25) is 0 Å². The molecule has 92 valence electrons. The van der Waals surface area contributed by atoms with Crippen molar-refractivity contribution >= 4 is 29.3 Å². The number of methoxy groups -OCH3 is 1. The van der Waals surface area contributed by atoms with Crippen molar-refractivity contribution in [1.82, 2.24) is 0 Å². The highest BCUT2D eigenvalue weighted by molar-refractivity contribution is 7.99. The van der Waals surface area contributed by atoms with Gasteiger partial charge >= 0.3 is 5.97 Å². The summed E-state index contributed by atoms with van der Waals surface area (Å²) in [5.41, 5.74) is 1.96. The highest BCUT2D eigenvalue weighted by atomic mass is 35.5. The van der Waals surface area contributed by atoms with E-state index < -0.39 is 5.97 Å². The molecule has 1 aliphatic heterocycles. The van der Waals surface area contributed by atoms with E-state index in [9.17, 15) is 4.79 Å². The standard InChI is InChI=1S/C12H13ClO3S/c1-6-7(12(14)15)5-8(13)11-10(6)9(16-2)3-4-17-11/h5,9H,3-4H2,1-2H3,(H,14,15). The second-order valence-corrected chi connectivity index (χ2v) is 5.45. The first-order valence-corrected chi connectivity index (χ1v) is 6.64. The van der Waals surface area contributed by atoms with Crippen LogP contribution in [0.15, 0.2) is 11.0 Å². The van der Waals surface area contributed by atoms with Crippen molar-refractivity contribution in [2.75, 3.05) is 12.9 Å². The number of rotatable bonds is 2. The van der Waals surface area contributed by atoms with Crippen molar-refractivity contribution in [3.8, 4) is 0 Å². The van der Waals surface area contributed by atoms with Crippen LogP contribution in [-0.2, 0) is 4.74 Å². The van der Waals surface area contributed by atoms with Crippen molar-refractivity contribution in [2.24, 2.45) is 0 Å². The average molecular weight is 273 g/mol. The van der Waals surface area contributed by atoms with Crippen molar-refractivity contribution < 1.29 is 14.6 Å². The van der Waals surface area contributed by atoms with Crippen molar-refractivity contribution in [2.45, 2.75) is 24.3 Å². The van der Waals surface area contributed by atoms with Crippen LogP contribution in [-0.4, -0.2) is 23.9 Å². The summed E-state index contributed by atoms with van der Waals surface area (Å²) in [6.45, 7) is 1.82. The van der Waals surface area contributed by atoms with Crippen LogP contribution in [0, 0.1) is 6.92 Å². The summed E-state index contributed by atoms with van der Waals surface area (Å²) in [5, 5.41) is 9.65. The number of aromatic carboxylic acids is 1. The molecule has 1 aromatic rings. The number of fused-ring (bicyclic) bond motifs is 1. The van der Waals surface area contributed by atoms with E-state index in [2.05, 4.69) is 0 Å². The zero-order chi connectivity index (χ0) is 12.6. The Bertz CT molecular complexity index is 473. The number of hydrogen-bond donors (Lipinski definition) is 1. The maximum Gasteiger partial charge on any atom is 0.336 e. The predicted octanol–water partition coefficient (Wildman–Crippen LogP) is 3.53. The fourth-order valence-electron chi connectivity index (χ4n) is 2.15. The zero-order valence-corrected chi connectivity index (χ0v) is 11.2. The molecule has 0 fully saturated rings. The number of carboxylic acids is 1. The Morgan fingerprint density at radius 3 is 2.94 bits per heavy atom. The molecule has 3 nitrogen and oxygen atoms in total. The normalized spacial score (nSPS) is 18.9. The third-order valence-corrected chi connectivity index (χ3v) is 4.58. The minimum absolute atomic E-state index is 0.0527. The summed E-state index contributed by atoms with van der Waals surface area (Å²) in [6.07, 6.45) is 0.831. The van der Waals surface area contributed by atoms with Gasteiger partial charge in [0.25, 0.3) is 0 Å². The van der Waals surface area contributed by atoms with E-state index >= 15 is 0 Å². The highest BCUT2D eigenvalue weighted by Crippen LogP contribution is 2.44. The number of halogens is 1. The Kier molecular flexibility index (Phi) is 3.66. The van der Waals surface area contributed by atoms with Gasteiger partial charge in [-0.15, -0.1) is 11.8 Å². The molecular weight excluding hydrogens is 260 g/mol. The van der Waals surface area contributed by atoms with Gasteiger partial charge in [0, 0.05) is 17.8 Å². The Balaban J connectivity index is 2.67. The second kappa shape index (κ2) is 4.88. The highest BCUT2D eigenvalue weighted by Gasteiger charge is 2.27. The number of benzene rings is 1. The molecule has 0 bridgehead atoms. The van der Waals surface area contributed by atoms with E-state index in [4.69, 9.17) is 21.4 Å². The molecule has 2 rings (SSSR count). The maximum atomic E-state index is 11.1. The lowest BCUT2D eigenvalue weighted by atomic mass is 9.96. The molecule has 1 aliphatic rings. The zero-order valence-electron chi connectivity index (χ0n) is 9.62. The Labute approximate surface area is 109 Å². The minimum atomic E-state index is -0.947. The van der Waals surface area contributed by atoms with Gasteiger partial charge in [0.1, 0.15) is 0 Å². The number of carbonyl (C=O) groups is 1. The van der Waals surface area contributed by atoms with Gasteiger partial charge in [0.05, 0.1) is 16.7 Å². The third-order valence-electron chi connectivity index (χ3n) is 3.00. The monoisotopic (exact) mass is 272 g/mol. The lowest BCUT2D eigenvalue weighted by Crippen LogP contribution is -2.14. The smallest absolute Gasteiger partial charge is 0.336 e. The summed E-state index contributed by atoms with van der Waals surface area (Å²) in [5.74, 6) is -0.00509. The number of carboxylic acid groups (broad SMARTS) is 1. The molecule has 0 spiro atoms. The van der Waals surface area contributed by atoms with Crippen LogP contribution in [0.25, 0.3) is 0 Å². The summed E-state index contributed by atoms with van der Waals surface area (Å²) in [6, 6.07) is 1.53. The Morgan fingerprint density at radius 2 is 2.35 bits per heavy atom. The summed E-state index contributed by atoms with van der Waals surface area (Å²) >= 11 is 7.81. The van der Waals surface area contributed by atoms with E-state index in [1.165, 1.54) is 6.07 Å². The van der Waals surface area contributed by atoms with Gasteiger partial charge in [-0.2, -0.15) is 0 Å². The largest absolute Gasteiger partial charge is 0.478 e. The third kappa shape index (κ3) is 2.17. The van der Waals surface area contributed by atoms with Crippen LogP contribution < -0.4 is 0 Å². The van der Waals surface area contributed by atoms with Crippen LogP contribution in [0.1, 0.15) is 34.0 Å². The van der Waals surface area contributed by atoms with Crippen LogP contribution >= 0.6 is 23.4 Å². The van der Waals surface area contributed by atoms with Gasteiger partial charge < -0.3 is 9.84 Å². The minimum Gasteiger partial charge on any atom is -0.478 e. The molecular formula is C12H13ClO3S. The first-order chi connectivity index (χ1) is 8.06. The van der Waals surface area contributed by atoms with E-state index in [0.29, 0.717) is 5.02 Å². The van der Waals surface area contributed by atoms with Crippen LogP contribution in [0.4, 0.5) is 0 Å². The van der Waals surface area contributed by atoms with E-state index in [0.717, 1.165) is 28.2 Å². The number of thioether (sulfide) groups is 1. The lowest BCUT2D eigenvalue weighted by Gasteiger charge is -2.27. The molecule has 0 saturated carbocycles. The Morgan fingerprint density at radius 1 is 1.65 bits per heavy atom. The molecule has 1 atom stereocenters. The van der Waals surface area contributed by atoms with Crippen molar-refractivity contribution in [3.63, 3.8) is 0 Å². The summed E-state index contributed by atoms with van der Waals surface area (Å²) in [7, 11) is 1.64. The molecule has 0 saturated heterocycles. The number of ether oxygens (including phenoxy) is 1. The van der Waals surface area contributed by atoms with Gasteiger partial charge in [0.2, 0.25) is 0 Å². The molecule has 1 heterocycles. The molecule has 0 amide bonds. The second-order valence-electron chi connectivity index (χ2n) is 3.94. The Hall–Kier alpha value is -0.710. The van der Waals surface area contributed by atoms with E-state index in [1.54, 1.807) is 18.9 Å². The predicted molar refractivity (Wildman–Crippen MR) is 68.2 cm³/mol. The van der Waals surface area contributed by atoms with Crippen LogP contribution in [0.2, 0.25) is 5.02 Å². The molecule has 0 radical (unpaired) electrons. The fourth-order valence-corrected chi connectivity index (χ4v) is 3.70. The van der Waals surface area contributed by atoms with Crippen LogP contribution in [0.3, 0.4) is 0 Å². The molecule has 0 aromatic heterocycles. The number of hydrogen-bond acceptors (Lipinski definition) is 3. The first-order valence-electron chi connectivity index (χ1n) is 5.28. The molecule has 1 aromatic carbocycles. The maximum absolute atomic E-state index is 11.1. The average Bonchev–Trinajstić information content (AvgIpc) is 2.32. The molecule has 17 heavy (non-hydrogen) atoms. The fraction of sp³-hybridized carbons (Fsp3) is 0.417. The summed E-state index contributed by atoms with van der Waals surface area (Å²) in [4.78, 5) is 12.1.